The van der Waals surface area contributed by atoms with Gasteiger partial charge in [0.15, 0.2) is 0 Å². The first kappa shape index (κ1) is 26.9. The summed E-state index contributed by atoms with van der Waals surface area (Å²) >= 11 is 0. The van der Waals surface area contributed by atoms with Crippen LogP contribution in [0.15, 0.2) is 109 Å². The molecule has 1 N–H and O–H groups in total. The number of aliphatic carboxylic acids is 1. The lowest BCUT2D eigenvalue weighted by atomic mass is 9.94. The number of ether oxygens (including phenoxy) is 1. The van der Waals surface area contributed by atoms with Crippen molar-refractivity contribution >= 4 is 5.97 Å². The topological polar surface area (TPSA) is 49.8 Å². The third kappa shape index (κ3) is 7.23. The molecule has 0 fully saturated rings. The Balaban J connectivity index is 1.75. The predicted octanol–water partition coefficient (Wildman–Crippen LogP) is 8.03. The molecule has 0 bridgehead atoms. The SMILES string of the molecule is C[C@H](c1ccccc1)N(Cc1ccccc1)[C@@H](CC(=O)O)c1cccc(-c2cccc(OC(F)(F)F)c2)c1. The van der Waals surface area contributed by atoms with Crippen LogP contribution in [0.1, 0.15) is 42.1 Å². The van der Waals surface area contributed by atoms with Crippen LogP contribution < -0.4 is 4.74 Å². The molecule has 38 heavy (non-hydrogen) atoms. The van der Waals surface area contributed by atoms with Crippen LogP contribution in [0.4, 0.5) is 13.2 Å². The molecule has 0 heterocycles. The lowest BCUT2D eigenvalue weighted by molar-refractivity contribution is -0.274. The van der Waals surface area contributed by atoms with E-state index in [9.17, 15) is 23.1 Å². The van der Waals surface area contributed by atoms with Gasteiger partial charge in [0.2, 0.25) is 0 Å². The van der Waals surface area contributed by atoms with Crippen molar-refractivity contribution in [2.24, 2.45) is 0 Å². The Labute approximate surface area is 219 Å². The molecule has 4 aromatic carbocycles. The molecule has 4 aromatic rings. The Morgan fingerprint density at radius 1 is 0.816 bits per heavy atom. The highest BCUT2D eigenvalue weighted by molar-refractivity contribution is 5.69. The average Bonchev–Trinajstić information content (AvgIpc) is 2.90. The van der Waals surface area contributed by atoms with Crippen molar-refractivity contribution in [2.45, 2.75) is 38.3 Å². The molecule has 0 saturated carbocycles. The van der Waals surface area contributed by atoms with Gasteiger partial charge in [-0.05, 0) is 52.9 Å². The van der Waals surface area contributed by atoms with Gasteiger partial charge in [0, 0.05) is 18.6 Å². The molecular formula is C31H28F3NO3. The number of benzene rings is 4. The molecule has 0 aromatic heterocycles. The fourth-order valence-corrected chi connectivity index (χ4v) is 4.62. The number of hydrogen-bond acceptors (Lipinski definition) is 3. The van der Waals surface area contributed by atoms with Gasteiger partial charge in [-0.3, -0.25) is 9.69 Å². The summed E-state index contributed by atoms with van der Waals surface area (Å²) < 4.78 is 42.4. The van der Waals surface area contributed by atoms with Crippen LogP contribution in [0.25, 0.3) is 11.1 Å². The molecule has 0 unspecified atom stereocenters. The molecule has 2 atom stereocenters. The summed E-state index contributed by atoms with van der Waals surface area (Å²) in [6.07, 6.45) is -4.94. The van der Waals surface area contributed by atoms with Crippen LogP contribution in [0.3, 0.4) is 0 Å². The second kappa shape index (κ2) is 12.0. The normalized spacial score (nSPS) is 13.2. The van der Waals surface area contributed by atoms with Crippen molar-refractivity contribution in [3.8, 4) is 16.9 Å². The highest BCUT2D eigenvalue weighted by Gasteiger charge is 2.31. The fourth-order valence-electron chi connectivity index (χ4n) is 4.62. The van der Waals surface area contributed by atoms with E-state index in [0.29, 0.717) is 17.7 Å². The molecule has 7 heteroatoms. The summed E-state index contributed by atoms with van der Waals surface area (Å²) in [5.74, 6) is -1.26. The van der Waals surface area contributed by atoms with E-state index < -0.39 is 18.4 Å². The predicted molar refractivity (Wildman–Crippen MR) is 140 cm³/mol. The van der Waals surface area contributed by atoms with E-state index in [1.807, 2.05) is 72.8 Å². The third-order valence-electron chi connectivity index (χ3n) is 6.43. The minimum Gasteiger partial charge on any atom is -0.481 e. The quantitative estimate of drug-likeness (QED) is 0.230. The minimum absolute atomic E-state index is 0.118. The van der Waals surface area contributed by atoms with Crippen LogP contribution in [-0.4, -0.2) is 22.3 Å². The van der Waals surface area contributed by atoms with Crippen LogP contribution in [0.5, 0.6) is 5.75 Å². The van der Waals surface area contributed by atoms with E-state index >= 15 is 0 Å². The highest BCUT2D eigenvalue weighted by Crippen LogP contribution is 2.37. The third-order valence-corrected chi connectivity index (χ3v) is 6.43. The first-order valence-electron chi connectivity index (χ1n) is 12.2. The number of carbonyl (C=O) groups is 1. The van der Waals surface area contributed by atoms with Crippen LogP contribution in [-0.2, 0) is 11.3 Å². The van der Waals surface area contributed by atoms with E-state index in [-0.39, 0.29) is 18.2 Å². The Hall–Kier alpha value is -4.10. The first-order chi connectivity index (χ1) is 18.2. The largest absolute Gasteiger partial charge is 0.573 e. The molecule has 0 aliphatic rings. The van der Waals surface area contributed by atoms with Gasteiger partial charge in [-0.25, -0.2) is 0 Å². The van der Waals surface area contributed by atoms with Gasteiger partial charge in [-0.1, -0.05) is 91.0 Å². The Kier molecular flexibility index (Phi) is 8.48. The molecule has 4 rings (SSSR count). The fraction of sp³-hybridized carbons (Fsp3) is 0.194. The lowest BCUT2D eigenvalue weighted by Crippen LogP contribution is -2.32. The van der Waals surface area contributed by atoms with E-state index in [1.165, 1.54) is 18.2 Å². The van der Waals surface area contributed by atoms with Crippen molar-refractivity contribution in [3.63, 3.8) is 0 Å². The minimum atomic E-state index is -4.79. The summed E-state index contributed by atoms with van der Waals surface area (Å²) in [4.78, 5) is 14.2. The number of carboxylic acid groups (broad SMARTS) is 1. The zero-order valence-corrected chi connectivity index (χ0v) is 20.8. The number of hydrogen-bond donors (Lipinski definition) is 1. The van der Waals surface area contributed by atoms with Crippen LogP contribution >= 0.6 is 0 Å². The molecular weight excluding hydrogens is 491 g/mol. The average molecular weight is 520 g/mol. The number of nitrogens with zero attached hydrogens (tertiary/aromatic N) is 1. The van der Waals surface area contributed by atoms with Crippen molar-refractivity contribution < 1.29 is 27.8 Å². The van der Waals surface area contributed by atoms with Gasteiger partial charge in [0.05, 0.1) is 6.42 Å². The molecule has 196 valence electrons. The molecule has 0 aliphatic heterocycles. The van der Waals surface area contributed by atoms with E-state index in [4.69, 9.17) is 0 Å². The molecule has 0 amide bonds. The number of halogens is 3. The van der Waals surface area contributed by atoms with Crippen molar-refractivity contribution in [3.05, 3.63) is 126 Å². The van der Waals surface area contributed by atoms with Gasteiger partial charge in [-0.2, -0.15) is 0 Å². The maximum atomic E-state index is 12.8. The Bertz CT molecular complexity index is 1340. The van der Waals surface area contributed by atoms with Gasteiger partial charge < -0.3 is 9.84 Å². The number of rotatable bonds is 10. The van der Waals surface area contributed by atoms with Crippen molar-refractivity contribution in [2.75, 3.05) is 0 Å². The molecule has 0 aliphatic carbocycles. The van der Waals surface area contributed by atoms with E-state index in [0.717, 1.165) is 16.7 Å². The Morgan fingerprint density at radius 3 is 2.03 bits per heavy atom. The maximum absolute atomic E-state index is 12.8. The van der Waals surface area contributed by atoms with E-state index in [1.54, 1.807) is 18.2 Å². The zero-order valence-electron chi connectivity index (χ0n) is 20.8. The smallest absolute Gasteiger partial charge is 0.481 e. The Morgan fingerprint density at radius 2 is 1.39 bits per heavy atom. The summed E-state index contributed by atoms with van der Waals surface area (Å²) in [7, 11) is 0. The van der Waals surface area contributed by atoms with Gasteiger partial charge in [0.1, 0.15) is 5.75 Å². The van der Waals surface area contributed by atoms with Crippen molar-refractivity contribution in [1.82, 2.24) is 4.90 Å². The summed E-state index contributed by atoms with van der Waals surface area (Å²) in [6.45, 7) is 2.56. The summed E-state index contributed by atoms with van der Waals surface area (Å²) in [5, 5.41) is 9.89. The molecule has 4 nitrogen and oxygen atoms in total. The second-order valence-electron chi connectivity index (χ2n) is 9.06. The summed E-state index contributed by atoms with van der Waals surface area (Å²) in [6, 6.07) is 32.2. The monoisotopic (exact) mass is 519 g/mol. The molecule has 0 spiro atoms. The van der Waals surface area contributed by atoms with Gasteiger partial charge >= 0.3 is 12.3 Å². The van der Waals surface area contributed by atoms with Crippen LogP contribution in [0, 0.1) is 0 Å². The van der Waals surface area contributed by atoms with Gasteiger partial charge in [-0.15, -0.1) is 13.2 Å². The van der Waals surface area contributed by atoms with E-state index in [2.05, 4.69) is 16.6 Å². The molecule has 0 radical (unpaired) electrons. The number of alkyl halides is 3. The summed E-state index contributed by atoms with van der Waals surface area (Å²) in [5.41, 5.74) is 4.04. The number of carboxylic acids is 1. The standard InChI is InChI=1S/C31H28F3NO3/c1-22(24-12-6-3-7-13-24)35(21-23-10-4-2-5-11-23)29(20-30(36)37)27-16-8-14-25(18-27)26-15-9-17-28(19-26)38-31(32,33)34/h2-19,22,29H,20-21H2,1H3,(H,36,37)/t22-,29+/m1/s1. The van der Waals surface area contributed by atoms with Crippen LogP contribution in [0.2, 0.25) is 0 Å². The molecule has 0 saturated heterocycles. The second-order valence-corrected chi connectivity index (χ2v) is 9.06. The first-order valence-corrected chi connectivity index (χ1v) is 12.2. The van der Waals surface area contributed by atoms with Crippen molar-refractivity contribution in [1.29, 1.82) is 0 Å². The highest BCUT2D eigenvalue weighted by atomic mass is 19.4. The van der Waals surface area contributed by atoms with Gasteiger partial charge in [0.25, 0.3) is 0 Å². The lowest BCUT2D eigenvalue weighted by Gasteiger charge is -2.37. The maximum Gasteiger partial charge on any atom is 0.573 e. The zero-order chi connectivity index (χ0) is 27.1.